The number of nitrogens with zero attached hydrogens (tertiary/aromatic N) is 2. The van der Waals surface area contributed by atoms with E-state index in [1.165, 1.54) is 17.7 Å². The molecule has 0 amide bonds. The van der Waals surface area contributed by atoms with E-state index in [0.29, 0.717) is 0 Å². The first kappa shape index (κ1) is 11.9. The van der Waals surface area contributed by atoms with Crippen LogP contribution in [-0.2, 0) is 12.8 Å². The van der Waals surface area contributed by atoms with Crippen molar-refractivity contribution < 1.29 is 4.74 Å². The maximum atomic E-state index is 6.22. The Kier molecular flexibility index (Phi) is 2.98. The lowest BCUT2D eigenvalue weighted by atomic mass is 9.82. The monoisotopic (exact) mass is 247 g/mol. The second-order valence-electron chi connectivity index (χ2n) is 6.02. The normalized spacial score (nSPS) is 25.8. The third kappa shape index (κ3) is 2.09. The molecule has 1 atom stereocenters. The Bertz CT molecular complexity index is 445. The second kappa shape index (κ2) is 4.50. The minimum atomic E-state index is 0.161. The predicted molar refractivity (Wildman–Crippen MR) is 69.7 cm³/mol. The highest BCUT2D eigenvalue weighted by Gasteiger charge is 2.35. The molecular weight excluding hydrogens is 226 g/mol. The number of hydrogen-bond donors (Lipinski definition) is 1. The standard InChI is InChI=1S/C14H21N3O/c1-14(2)8-15-7-6-12(14)18-13-10-4-3-5-11(10)16-9-17-13/h9,12,15H,3-8H2,1-2H3. The molecule has 1 aliphatic carbocycles. The van der Waals surface area contributed by atoms with E-state index >= 15 is 0 Å². The zero-order valence-electron chi connectivity index (χ0n) is 11.2. The van der Waals surface area contributed by atoms with E-state index in [9.17, 15) is 0 Å². The molecule has 3 rings (SSSR count). The number of hydrogen-bond acceptors (Lipinski definition) is 4. The van der Waals surface area contributed by atoms with Crippen LogP contribution in [0.1, 0.15) is 37.9 Å². The molecule has 1 N–H and O–H groups in total. The molecule has 18 heavy (non-hydrogen) atoms. The van der Waals surface area contributed by atoms with Crippen molar-refractivity contribution in [2.45, 2.75) is 45.6 Å². The van der Waals surface area contributed by atoms with Crippen LogP contribution in [0, 0.1) is 5.41 Å². The molecule has 0 bridgehead atoms. The van der Waals surface area contributed by atoms with E-state index in [-0.39, 0.29) is 11.5 Å². The maximum absolute atomic E-state index is 6.22. The number of piperidine rings is 1. The molecule has 1 unspecified atom stereocenters. The molecule has 1 aliphatic heterocycles. The van der Waals surface area contributed by atoms with Gasteiger partial charge in [-0.2, -0.15) is 0 Å². The van der Waals surface area contributed by atoms with E-state index in [1.54, 1.807) is 6.33 Å². The summed E-state index contributed by atoms with van der Waals surface area (Å²) in [5.74, 6) is 0.831. The van der Waals surface area contributed by atoms with Gasteiger partial charge in [0.2, 0.25) is 5.88 Å². The quantitative estimate of drug-likeness (QED) is 0.864. The van der Waals surface area contributed by atoms with Gasteiger partial charge in [-0.05, 0) is 32.2 Å². The summed E-state index contributed by atoms with van der Waals surface area (Å²) in [5.41, 5.74) is 2.59. The lowest BCUT2D eigenvalue weighted by molar-refractivity contribution is 0.0406. The Morgan fingerprint density at radius 2 is 2.22 bits per heavy atom. The van der Waals surface area contributed by atoms with Crippen molar-refractivity contribution in [3.63, 3.8) is 0 Å². The predicted octanol–water partition coefficient (Wildman–Crippen LogP) is 1.73. The van der Waals surface area contributed by atoms with E-state index in [0.717, 1.165) is 38.2 Å². The van der Waals surface area contributed by atoms with E-state index in [4.69, 9.17) is 4.74 Å². The summed E-state index contributed by atoms with van der Waals surface area (Å²) in [6.07, 6.45) is 6.26. The highest BCUT2D eigenvalue weighted by atomic mass is 16.5. The number of aryl methyl sites for hydroxylation is 1. The van der Waals surface area contributed by atoms with Gasteiger partial charge in [0.15, 0.2) is 0 Å². The largest absolute Gasteiger partial charge is 0.473 e. The molecule has 0 aromatic carbocycles. The van der Waals surface area contributed by atoms with Gasteiger partial charge < -0.3 is 10.1 Å². The van der Waals surface area contributed by atoms with E-state index in [1.807, 2.05) is 0 Å². The molecule has 1 fully saturated rings. The summed E-state index contributed by atoms with van der Waals surface area (Å²) < 4.78 is 6.22. The number of aromatic nitrogens is 2. The Morgan fingerprint density at radius 1 is 1.33 bits per heavy atom. The molecule has 1 aromatic heterocycles. The zero-order chi connectivity index (χ0) is 12.6. The van der Waals surface area contributed by atoms with E-state index in [2.05, 4.69) is 29.1 Å². The summed E-state index contributed by atoms with van der Waals surface area (Å²) in [6.45, 7) is 6.54. The maximum Gasteiger partial charge on any atom is 0.220 e. The van der Waals surface area contributed by atoms with E-state index < -0.39 is 0 Å². The fourth-order valence-electron chi connectivity index (χ4n) is 2.93. The molecule has 2 aliphatic rings. The molecule has 2 heterocycles. The van der Waals surface area contributed by atoms with Crippen LogP contribution in [-0.4, -0.2) is 29.2 Å². The van der Waals surface area contributed by atoms with Gasteiger partial charge in [-0.15, -0.1) is 0 Å². The van der Waals surface area contributed by atoms with Gasteiger partial charge in [0, 0.05) is 17.5 Å². The molecular formula is C14H21N3O. The van der Waals surface area contributed by atoms with Crippen molar-refractivity contribution in [2.24, 2.45) is 5.41 Å². The lowest BCUT2D eigenvalue weighted by Gasteiger charge is -2.38. The van der Waals surface area contributed by atoms with Gasteiger partial charge in [-0.25, -0.2) is 9.97 Å². The summed E-state index contributed by atoms with van der Waals surface area (Å²) in [4.78, 5) is 8.70. The van der Waals surface area contributed by atoms with Crippen molar-refractivity contribution in [1.29, 1.82) is 0 Å². The Morgan fingerprint density at radius 3 is 3.06 bits per heavy atom. The number of rotatable bonds is 2. The van der Waals surface area contributed by atoms with Crippen molar-refractivity contribution in [1.82, 2.24) is 15.3 Å². The van der Waals surface area contributed by atoms with Gasteiger partial charge in [0.25, 0.3) is 0 Å². The third-order valence-electron chi connectivity index (χ3n) is 4.12. The molecule has 0 spiro atoms. The highest BCUT2D eigenvalue weighted by Crippen LogP contribution is 2.32. The molecule has 4 nitrogen and oxygen atoms in total. The first-order valence-corrected chi connectivity index (χ1v) is 6.87. The minimum Gasteiger partial charge on any atom is -0.473 e. The molecule has 98 valence electrons. The zero-order valence-corrected chi connectivity index (χ0v) is 11.2. The van der Waals surface area contributed by atoms with Crippen molar-refractivity contribution in [3.05, 3.63) is 17.6 Å². The average Bonchev–Trinajstić information content (AvgIpc) is 2.81. The van der Waals surface area contributed by atoms with Crippen LogP contribution in [0.3, 0.4) is 0 Å². The van der Waals surface area contributed by atoms with Crippen molar-refractivity contribution >= 4 is 0 Å². The van der Waals surface area contributed by atoms with Gasteiger partial charge in [0.1, 0.15) is 12.4 Å². The Balaban J connectivity index is 1.82. The van der Waals surface area contributed by atoms with Crippen molar-refractivity contribution in [2.75, 3.05) is 13.1 Å². The molecule has 1 aromatic rings. The van der Waals surface area contributed by atoms with Crippen LogP contribution < -0.4 is 10.1 Å². The summed E-state index contributed by atoms with van der Waals surface area (Å²) >= 11 is 0. The number of ether oxygens (including phenoxy) is 1. The Hall–Kier alpha value is -1.16. The summed E-state index contributed by atoms with van der Waals surface area (Å²) in [5, 5.41) is 3.43. The SMILES string of the molecule is CC1(C)CNCCC1Oc1ncnc2c1CCC2. The van der Waals surface area contributed by atoms with Crippen LogP contribution in [0.25, 0.3) is 0 Å². The third-order valence-corrected chi connectivity index (χ3v) is 4.12. The first-order valence-electron chi connectivity index (χ1n) is 6.87. The molecule has 4 heteroatoms. The smallest absolute Gasteiger partial charge is 0.220 e. The molecule has 0 saturated carbocycles. The van der Waals surface area contributed by atoms with Crippen LogP contribution in [0.5, 0.6) is 5.88 Å². The van der Waals surface area contributed by atoms with Gasteiger partial charge in [-0.3, -0.25) is 0 Å². The first-order chi connectivity index (χ1) is 8.67. The van der Waals surface area contributed by atoms with Crippen LogP contribution in [0.15, 0.2) is 6.33 Å². The lowest BCUT2D eigenvalue weighted by Crippen LogP contribution is -2.49. The Labute approximate surface area is 108 Å². The molecule has 0 radical (unpaired) electrons. The van der Waals surface area contributed by atoms with Gasteiger partial charge >= 0.3 is 0 Å². The fraction of sp³-hybridized carbons (Fsp3) is 0.714. The summed E-state index contributed by atoms with van der Waals surface area (Å²) in [6, 6.07) is 0. The number of nitrogens with one attached hydrogen (secondary N) is 1. The van der Waals surface area contributed by atoms with Crippen LogP contribution in [0.4, 0.5) is 0 Å². The van der Waals surface area contributed by atoms with Crippen molar-refractivity contribution in [3.8, 4) is 5.88 Å². The van der Waals surface area contributed by atoms with Gasteiger partial charge in [0.05, 0.1) is 5.69 Å². The average molecular weight is 247 g/mol. The number of fused-ring (bicyclic) bond motifs is 1. The fourth-order valence-corrected chi connectivity index (χ4v) is 2.93. The summed E-state index contributed by atoms with van der Waals surface area (Å²) in [7, 11) is 0. The second-order valence-corrected chi connectivity index (χ2v) is 6.02. The van der Waals surface area contributed by atoms with Gasteiger partial charge in [-0.1, -0.05) is 13.8 Å². The van der Waals surface area contributed by atoms with Crippen LogP contribution in [0.2, 0.25) is 0 Å². The topological polar surface area (TPSA) is 47.0 Å². The molecule has 1 saturated heterocycles. The minimum absolute atomic E-state index is 0.161. The van der Waals surface area contributed by atoms with Crippen LogP contribution >= 0.6 is 0 Å². The highest BCUT2D eigenvalue weighted by molar-refractivity contribution is 5.33.